The number of aromatic nitrogens is 1. The Bertz CT molecular complexity index is 658. The van der Waals surface area contributed by atoms with Crippen LogP contribution in [-0.4, -0.2) is 37.1 Å². The van der Waals surface area contributed by atoms with Crippen molar-refractivity contribution in [1.29, 1.82) is 0 Å². The Morgan fingerprint density at radius 2 is 2.22 bits per heavy atom. The Labute approximate surface area is 136 Å². The Balaban J connectivity index is 1.65. The number of hydrogen-bond donors (Lipinski definition) is 0. The van der Waals surface area contributed by atoms with Gasteiger partial charge in [0.05, 0.1) is 13.7 Å². The summed E-state index contributed by atoms with van der Waals surface area (Å²) in [5.74, 6) is -0.308. The van der Waals surface area contributed by atoms with E-state index in [9.17, 15) is 4.79 Å². The molecule has 0 N–H and O–H groups in total. The van der Waals surface area contributed by atoms with Crippen LogP contribution in [0.1, 0.15) is 36.2 Å². The van der Waals surface area contributed by atoms with E-state index in [1.807, 2.05) is 34.9 Å². The number of para-hydroxylation sites is 1. The molecule has 3 rings (SSSR count). The van der Waals surface area contributed by atoms with Gasteiger partial charge in [-0.25, -0.2) is 4.79 Å². The van der Waals surface area contributed by atoms with Crippen LogP contribution in [0.2, 0.25) is 0 Å². The summed E-state index contributed by atoms with van der Waals surface area (Å²) < 4.78 is 18.2. The first-order chi connectivity index (χ1) is 11.3. The van der Waals surface area contributed by atoms with E-state index in [2.05, 4.69) is 0 Å². The molecule has 2 heterocycles. The first-order valence-corrected chi connectivity index (χ1v) is 8.19. The number of fused-ring (bicyclic) bond motifs is 1. The number of aryl methyl sites for hydroxylation is 1. The fourth-order valence-electron chi connectivity index (χ4n) is 3.01. The second-order valence-electron chi connectivity index (χ2n) is 5.75. The smallest absolute Gasteiger partial charge is 0.354 e. The number of methoxy groups -OCH3 is 1. The van der Waals surface area contributed by atoms with Gasteiger partial charge in [-0.2, -0.15) is 0 Å². The molecule has 0 aliphatic carbocycles. The highest BCUT2D eigenvalue weighted by molar-refractivity contribution is 5.95. The van der Waals surface area contributed by atoms with Crippen LogP contribution in [-0.2, 0) is 20.8 Å². The normalized spacial score (nSPS) is 18.2. The molecule has 23 heavy (non-hydrogen) atoms. The third kappa shape index (κ3) is 3.74. The largest absolute Gasteiger partial charge is 0.464 e. The second kappa shape index (κ2) is 7.62. The maximum absolute atomic E-state index is 12.0. The SMILES string of the molecule is COC(=O)c1cc2ccccc2n1CCCOC1CCCCO1. The predicted molar refractivity (Wildman–Crippen MR) is 87.4 cm³/mol. The zero-order chi connectivity index (χ0) is 16.1. The van der Waals surface area contributed by atoms with Crippen molar-refractivity contribution >= 4 is 16.9 Å². The number of carbonyl (C=O) groups is 1. The van der Waals surface area contributed by atoms with Crippen LogP contribution in [0.25, 0.3) is 10.9 Å². The molecule has 0 amide bonds. The third-order valence-corrected chi connectivity index (χ3v) is 4.17. The summed E-state index contributed by atoms with van der Waals surface area (Å²) in [5, 5.41) is 1.05. The monoisotopic (exact) mass is 317 g/mol. The molecule has 124 valence electrons. The van der Waals surface area contributed by atoms with E-state index in [0.717, 1.165) is 36.8 Å². The molecule has 1 aromatic heterocycles. The molecule has 1 aromatic carbocycles. The molecule has 0 radical (unpaired) electrons. The lowest BCUT2D eigenvalue weighted by Crippen LogP contribution is -2.23. The Morgan fingerprint density at radius 3 is 3.00 bits per heavy atom. The third-order valence-electron chi connectivity index (χ3n) is 4.17. The van der Waals surface area contributed by atoms with E-state index in [-0.39, 0.29) is 12.3 Å². The zero-order valence-corrected chi connectivity index (χ0v) is 13.5. The van der Waals surface area contributed by atoms with Gasteiger partial charge >= 0.3 is 5.97 Å². The number of rotatable bonds is 6. The summed E-state index contributed by atoms with van der Waals surface area (Å²) >= 11 is 0. The van der Waals surface area contributed by atoms with Gasteiger partial charge in [0, 0.05) is 24.1 Å². The van der Waals surface area contributed by atoms with E-state index in [1.54, 1.807) is 0 Å². The number of carbonyl (C=O) groups excluding carboxylic acids is 1. The highest BCUT2D eigenvalue weighted by Crippen LogP contribution is 2.21. The van der Waals surface area contributed by atoms with E-state index < -0.39 is 0 Å². The average Bonchev–Trinajstić information content (AvgIpc) is 2.98. The van der Waals surface area contributed by atoms with Crippen molar-refractivity contribution in [3.8, 4) is 0 Å². The van der Waals surface area contributed by atoms with Crippen LogP contribution in [0.15, 0.2) is 30.3 Å². The Morgan fingerprint density at radius 1 is 1.35 bits per heavy atom. The molecule has 5 heteroatoms. The van der Waals surface area contributed by atoms with Gasteiger partial charge < -0.3 is 18.8 Å². The fourth-order valence-corrected chi connectivity index (χ4v) is 3.01. The van der Waals surface area contributed by atoms with E-state index in [4.69, 9.17) is 14.2 Å². The highest BCUT2D eigenvalue weighted by atomic mass is 16.7. The molecule has 0 bridgehead atoms. The minimum absolute atomic E-state index is 0.0646. The van der Waals surface area contributed by atoms with Gasteiger partial charge in [0.2, 0.25) is 0 Å². The molecule has 5 nitrogen and oxygen atoms in total. The lowest BCUT2D eigenvalue weighted by atomic mass is 10.2. The fraction of sp³-hybridized carbons (Fsp3) is 0.500. The standard InChI is InChI=1S/C18H23NO4/c1-21-18(20)16-13-14-7-2-3-8-15(14)19(16)10-6-12-23-17-9-4-5-11-22-17/h2-3,7-8,13,17H,4-6,9-12H2,1H3. The number of nitrogens with zero attached hydrogens (tertiary/aromatic N) is 1. The van der Waals surface area contributed by atoms with Crippen LogP contribution in [0.3, 0.4) is 0 Å². The second-order valence-corrected chi connectivity index (χ2v) is 5.75. The molecule has 1 saturated heterocycles. The van der Waals surface area contributed by atoms with Crippen LogP contribution in [0.5, 0.6) is 0 Å². The first kappa shape index (κ1) is 16.0. The van der Waals surface area contributed by atoms with Gasteiger partial charge in [0.15, 0.2) is 6.29 Å². The Kier molecular flexibility index (Phi) is 5.31. The quantitative estimate of drug-likeness (QED) is 0.605. The van der Waals surface area contributed by atoms with Crippen LogP contribution in [0, 0.1) is 0 Å². The minimum Gasteiger partial charge on any atom is -0.464 e. The molecule has 1 unspecified atom stereocenters. The van der Waals surface area contributed by atoms with Crippen molar-refractivity contribution in [2.45, 2.75) is 38.5 Å². The molecule has 1 aliphatic heterocycles. The van der Waals surface area contributed by atoms with Crippen molar-refractivity contribution < 1.29 is 19.0 Å². The molecule has 1 atom stereocenters. The average molecular weight is 317 g/mol. The molecule has 0 saturated carbocycles. The van der Waals surface area contributed by atoms with E-state index in [0.29, 0.717) is 18.8 Å². The highest BCUT2D eigenvalue weighted by Gasteiger charge is 2.16. The molecule has 1 fully saturated rings. The number of hydrogen-bond acceptors (Lipinski definition) is 4. The summed E-state index contributed by atoms with van der Waals surface area (Å²) in [6.07, 6.45) is 4.02. The summed E-state index contributed by atoms with van der Waals surface area (Å²) in [6.45, 7) is 2.13. The van der Waals surface area contributed by atoms with Crippen molar-refractivity contribution in [2.24, 2.45) is 0 Å². The number of esters is 1. The summed E-state index contributed by atoms with van der Waals surface area (Å²) in [5.41, 5.74) is 1.63. The number of benzene rings is 1. The van der Waals surface area contributed by atoms with Crippen LogP contribution >= 0.6 is 0 Å². The van der Waals surface area contributed by atoms with Gasteiger partial charge in [0.1, 0.15) is 5.69 Å². The van der Waals surface area contributed by atoms with Crippen molar-refractivity contribution in [3.05, 3.63) is 36.0 Å². The van der Waals surface area contributed by atoms with Gasteiger partial charge in [-0.05, 0) is 37.8 Å². The van der Waals surface area contributed by atoms with Crippen molar-refractivity contribution in [3.63, 3.8) is 0 Å². The Hall–Kier alpha value is -1.85. The zero-order valence-electron chi connectivity index (χ0n) is 13.5. The predicted octanol–water partition coefficient (Wildman–Crippen LogP) is 3.36. The lowest BCUT2D eigenvalue weighted by Gasteiger charge is -2.22. The number of ether oxygens (including phenoxy) is 3. The minimum atomic E-state index is -0.308. The maximum atomic E-state index is 12.0. The van der Waals surface area contributed by atoms with Crippen LogP contribution in [0.4, 0.5) is 0 Å². The van der Waals surface area contributed by atoms with Gasteiger partial charge in [-0.1, -0.05) is 18.2 Å². The van der Waals surface area contributed by atoms with Crippen LogP contribution < -0.4 is 0 Å². The molecular formula is C18H23NO4. The first-order valence-electron chi connectivity index (χ1n) is 8.19. The van der Waals surface area contributed by atoms with Gasteiger partial charge in [-0.15, -0.1) is 0 Å². The molecular weight excluding hydrogens is 294 g/mol. The molecule has 2 aromatic rings. The summed E-state index contributed by atoms with van der Waals surface area (Å²) in [6, 6.07) is 9.85. The van der Waals surface area contributed by atoms with Gasteiger partial charge in [0.25, 0.3) is 0 Å². The van der Waals surface area contributed by atoms with E-state index in [1.165, 1.54) is 13.5 Å². The van der Waals surface area contributed by atoms with Gasteiger partial charge in [-0.3, -0.25) is 0 Å². The van der Waals surface area contributed by atoms with Crippen molar-refractivity contribution in [2.75, 3.05) is 20.3 Å². The topological polar surface area (TPSA) is 49.7 Å². The molecule has 1 aliphatic rings. The molecule has 0 spiro atoms. The summed E-state index contributed by atoms with van der Waals surface area (Å²) in [4.78, 5) is 12.0. The summed E-state index contributed by atoms with van der Waals surface area (Å²) in [7, 11) is 1.41. The van der Waals surface area contributed by atoms with Crippen molar-refractivity contribution in [1.82, 2.24) is 4.57 Å². The lowest BCUT2D eigenvalue weighted by molar-refractivity contribution is -0.162. The van der Waals surface area contributed by atoms with E-state index >= 15 is 0 Å². The maximum Gasteiger partial charge on any atom is 0.354 e.